The molecular weight excluding hydrogens is 314 g/mol. The van der Waals surface area contributed by atoms with Crippen molar-refractivity contribution in [1.82, 2.24) is 4.90 Å². The molecule has 25 heavy (non-hydrogen) atoms. The SMILES string of the molecule is Cc1cc(C)cc(C(=O)N2CCC(=O)C[C@@H]2[C@@H](O)c2ccccc2)c1. The highest BCUT2D eigenvalue weighted by Crippen LogP contribution is 2.29. The zero-order valence-corrected chi connectivity index (χ0v) is 14.6. The number of benzene rings is 2. The van der Waals surface area contributed by atoms with Crippen LogP contribution in [0.4, 0.5) is 0 Å². The van der Waals surface area contributed by atoms with Gasteiger partial charge in [0.15, 0.2) is 0 Å². The summed E-state index contributed by atoms with van der Waals surface area (Å²) >= 11 is 0. The Morgan fingerprint density at radius 1 is 1.12 bits per heavy atom. The Kier molecular flexibility index (Phi) is 5.00. The first-order valence-corrected chi connectivity index (χ1v) is 8.59. The first-order chi connectivity index (χ1) is 12.0. The van der Waals surface area contributed by atoms with E-state index < -0.39 is 12.1 Å². The molecule has 0 saturated carbocycles. The van der Waals surface area contributed by atoms with E-state index in [0.717, 1.165) is 16.7 Å². The van der Waals surface area contributed by atoms with Crippen LogP contribution in [0.1, 0.15) is 46.0 Å². The van der Waals surface area contributed by atoms with E-state index in [4.69, 9.17) is 0 Å². The van der Waals surface area contributed by atoms with Crippen molar-refractivity contribution >= 4 is 11.7 Å². The summed E-state index contributed by atoms with van der Waals surface area (Å²) in [6.45, 7) is 4.26. The normalized spacial score (nSPS) is 18.9. The van der Waals surface area contributed by atoms with E-state index in [-0.39, 0.29) is 18.1 Å². The van der Waals surface area contributed by atoms with Gasteiger partial charge < -0.3 is 10.0 Å². The lowest BCUT2D eigenvalue weighted by atomic mass is 9.91. The van der Waals surface area contributed by atoms with Crippen LogP contribution < -0.4 is 0 Å². The molecule has 1 N–H and O–H groups in total. The lowest BCUT2D eigenvalue weighted by Crippen LogP contribution is -2.49. The van der Waals surface area contributed by atoms with Gasteiger partial charge in [-0.2, -0.15) is 0 Å². The molecule has 0 aliphatic carbocycles. The highest BCUT2D eigenvalue weighted by Gasteiger charge is 2.36. The first-order valence-electron chi connectivity index (χ1n) is 8.59. The maximum atomic E-state index is 13.1. The fourth-order valence-corrected chi connectivity index (χ4v) is 3.53. The van der Waals surface area contributed by atoms with E-state index in [2.05, 4.69) is 0 Å². The van der Waals surface area contributed by atoms with Crippen LogP contribution in [0.2, 0.25) is 0 Å². The van der Waals surface area contributed by atoms with Gasteiger partial charge in [-0.25, -0.2) is 0 Å². The standard InChI is InChI=1S/C21H23NO3/c1-14-10-15(2)12-17(11-14)21(25)22-9-8-18(23)13-19(22)20(24)16-6-4-3-5-7-16/h3-7,10-12,19-20,24H,8-9,13H2,1-2H3/t19-,20+/m1/s1. The number of likely N-dealkylation sites (tertiary alicyclic amines) is 1. The number of carbonyl (C=O) groups is 2. The third-order valence-corrected chi connectivity index (χ3v) is 4.70. The van der Waals surface area contributed by atoms with Crippen LogP contribution in [0.3, 0.4) is 0 Å². The Balaban J connectivity index is 1.91. The maximum Gasteiger partial charge on any atom is 0.254 e. The molecule has 1 aliphatic rings. The molecule has 4 nitrogen and oxygen atoms in total. The van der Waals surface area contributed by atoms with E-state index >= 15 is 0 Å². The van der Waals surface area contributed by atoms with Crippen LogP contribution >= 0.6 is 0 Å². The van der Waals surface area contributed by atoms with E-state index in [1.54, 1.807) is 4.90 Å². The predicted molar refractivity (Wildman–Crippen MR) is 96.4 cm³/mol. The van der Waals surface area contributed by atoms with Gasteiger partial charge in [0.1, 0.15) is 5.78 Å². The van der Waals surface area contributed by atoms with Gasteiger partial charge in [0.05, 0.1) is 12.1 Å². The van der Waals surface area contributed by atoms with Gasteiger partial charge in [-0.1, -0.05) is 47.5 Å². The quantitative estimate of drug-likeness (QED) is 0.936. The second-order valence-electron chi connectivity index (χ2n) is 6.79. The number of aliphatic hydroxyl groups is 1. The van der Waals surface area contributed by atoms with Crippen molar-refractivity contribution < 1.29 is 14.7 Å². The first kappa shape index (κ1) is 17.4. The Hall–Kier alpha value is -2.46. The van der Waals surface area contributed by atoms with Crippen LogP contribution in [0.15, 0.2) is 48.5 Å². The van der Waals surface area contributed by atoms with Crippen LogP contribution in [0, 0.1) is 13.8 Å². The number of ketones is 1. The number of aliphatic hydroxyl groups excluding tert-OH is 1. The summed E-state index contributed by atoms with van der Waals surface area (Å²) in [7, 11) is 0. The molecule has 2 aromatic carbocycles. The van der Waals surface area contributed by atoms with Crippen molar-refractivity contribution in [2.45, 2.75) is 38.8 Å². The molecule has 1 heterocycles. The molecule has 4 heteroatoms. The third kappa shape index (κ3) is 3.80. The van der Waals surface area contributed by atoms with E-state index in [1.807, 2.05) is 62.4 Å². The summed E-state index contributed by atoms with van der Waals surface area (Å²) in [4.78, 5) is 26.7. The van der Waals surface area contributed by atoms with Gasteiger partial charge in [0.25, 0.3) is 5.91 Å². The average molecular weight is 337 g/mol. The summed E-state index contributed by atoms with van der Waals surface area (Å²) in [6.07, 6.45) is -0.346. The van der Waals surface area contributed by atoms with Gasteiger partial charge in [0.2, 0.25) is 0 Å². The van der Waals surface area contributed by atoms with Crippen LogP contribution in [0.25, 0.3) is 0 Å². The van der Waals surface area contributed by atoms with Gasteiger partial charge in [-0.15, -0.1) is 0 Å². The van der Waals surface area contributed by atoms with Crippen LogP contribution in [0.5, 0.6) is 0 Å². The monoisotopic (exact) mass is 337 g/mol. The molecule has 1 saturated heterocycles. The van der Waals surface area contributed by atoms with E-state index in [1.165, 1.54) is 0 Å². The average Bonchev–Trinajstić information content (AvgIpc) is 2.60. The highest BCUT2D eigenvalue weighted by atomic mass is 16.3. The summed E-state index contributed by atoms with van der Waals surface area (Å²) < 4.78 is 0. The van der Waals surface area contributed by atoms with Crippen molar-refractivity contribution in [3.63, 3.8) is 0 Å². The lowest BCUT2D eigenvalue weighted by molar-refractivity contribution is -0.124. The number of hydrogen-bond acceptors (Lipinski definition) is 3. The van der Waals surface area contributed by atoms with Gasteiger partial charge in [0, 0.05) is 24.9 Å². The topological polar surface area (TPSA) is 57.6 Å². The number of Topliss-reactive ketones (excluding diaryl/α,β-unsaturated/α-hetero) is 1. The summed E-state index contributed by atoms with van der Waals surface area (Å²) in [6, 6.07) is 14.4. The molecule has 1 fully saturated rings. The van der Waals surface area contributed by atoms with Crippen molar-refractivity contribution in [1.29, 1.82) is 0 Å². The van der Waals surface area contributed by atoms with E-state index in [9.17, 15) is 14.7 Å². The number of piperidine rings is 1. The number of rotatable bonds is 3. The minimum Gasteiger partial charge on any atom is -0.386 e. The summed E-state index contributed by atoms with van der Waals surface area (Å²) in [5, 5.41) is 10.8. The zero-order chi connectivity index (χ0) is 18.0. The van der Waals surface area contributed by atoms with Gasteiger partial charge in [-0.3, -0.25) is 9.59 Å². The van der Waals surface area contributed by atoms with Crippen molar-refractivity contribution in [2.75, 3.05) is 6.54 Å². The minimum atomic E-state index is -0.875. The Bertz CT molecular complexity index is 765. The molecule has 2 atom stereocenters. The van der Waals surface area contributed by atoms with Crippen LogP contribution in [-0.2, 0) is 4.79 Å². The second-order valence-corrected chi connectivity index (χ2v) is 6.79. The van der Waals surface area contributed by atoms with Gasteiger partial charge in [-0.05, 0) is 31.5 Å². The lowest BCUT2D eigenvalue weighted by Gasteiger charge is -2.38. The molecular formula is C21H23NO3. The minimum absolute atomic E-state index is 0.0875. The Morgan fingerprint density at radius 3 is 2.40 bits per heavy atom. The Morgan fingerprint density at radius 2 is 1.76 bits per heavy atom. The molecule has 130 valence electrons. The van der Waals surface area contributed by atoms with Crippen LogP contribution in [-0.4, -0.2) is 34.3 Å². The molecule has 0 radical (unpaired) electrons. The molecule has 2 aromatic rings. The number of aryl methyl sites for hydroxylation is 2. The van der Waals surface area contributed by atoms with Crippen molar-refractivity contribution in [3.05, 3.63) is 70.8 Å². The summed E-state index contributed by atoms with van der Waals surface area (Å²) in [5.41, 5.74) is 3.38. The van der Waals surface area contributed by atoms with Crippen molar-refractivity contribution in [3.8, 4) is 0 Å². The highest BCUT2D eigenvalue weighted by molar-refractivity contribution is 5.96. The summed E-state index contributed by atoms with van der Waals surface area (Å²) in [5.74, 6) is -0.0382. The zero-order valence-electron chi connectivity index (χ0n) is 14.6. The second kappa shape index (κ2) is 7.19. The molecule has 3 rings (SSSR count). The molecule has 0 aromatic heterocycles. The maximum absolute atomic E-state index is 13.1. The third-order valence-electron chi connectivity index (χ3n) is 4.70. The number of hydrogen-bond donors (Lipinski definition) is 1. The Labute approximate surface area is 148 Å². The molecule has 0 bridgehead atoms. The largest absolute Gasteiger partial charge is 0.386 e. The molecule has 0 spiro atoms. The molecule has 0 unspecified atom stereocenters. The molecule has 1 amide bonds. The fraction of sp³-hybridized carbons (Fsp3) is 0.333. The van der Waals surface area contributed by atoms with E-state index in [0.29, 0.717) is 18.5 Å². The number of amides is 1. The number of nitrogens with zero attached hydrogens (tertiary/aromatic N) is 1. The molecule has 1 aliphatic heterocycles. The van der Waals surface area contributed by atoms with Gasteiger partial charge >= 0.3 is 0 Å². The van der Waals surface area contributed by atoms with Crippen molar-refractivity contribution in [2.24, 2.45) is 0 Å². The fourth-order valence-electron chi connectivity index (χ4n) is 3.53. The number of carbonyl (C=O) groups excluding carboxylic acids is 2. The smallest absolute Gasteiger partial charge is 0.254 e. The predicted octanol–water partition coefficient (Wildman–Crippen LogP) is 3.21.